The Balaban J connectivity index is 1.81. The van der Waals surface area contributed by atoms with Crippen LogP contribution in [0.1, 0.15) is 16.1 Å². The Morgan fingerprint density at radius 3 is 3.05 bits per heavy atom. The number of carbonyl (C=O) groups excluding carboxylic acids is 1. The zero-order valence-electron chi connectivity index (χ0n) is 10.4. The number of rotatable bonds is 3. The third kappa shape index (κ3) is 2.46. The van der Waals surface area contributed by atoms with Gasteiger partial charge in [0, 0.05) is 17.6 Å². The molecule has 6 heteroatoms. The third-order valence-electron chi connectivity index (χ3n) is 2.73. The quantitative estimate of drug-likeness (QED) is 0.692. The van der Waals surface area contributed by atoms with Gasteiger partial charge in [0.25, 0.3) is 5.56 Å². The van der Waals surface area contributed by atoms with E-state index in [1.165, 1.54) is 21.8 Å². The van der Waals surface area contributed by atoms with E-state index in [0.29, 0.717) is 16.9 Å². The van der Waals surface area contributed by atoms with E-state index in [1.54, 1.807) is 41.2 Å². The predicted octanol–water partition coefficient (Wildman–Crippen LogP) is 2.11. The lowest BCUT2D eigenvalue weighted by atomic mass is 10.3. The van der Waals surface area contributed by atoms with Crippen molar-refractivity contribution >= 4 is 23.0 Å². The maximum Gasteiger partial charge on any atom is 0.339 e. The number of fused-ring (bicyclic) bond motifs is 1. The van der Waals surface area contributed by atoms with Gasteiger partial charge in [0.2, 0.25) is 0 Å². The fourth-order valence-corrected chi connectivity index (χ4v) is 2.41. The number of esters is 1. The number of thiophene rings is 1. The molecule has 0 amide bonds. The lowest BCUT2D eigenvalue weighted by Gasteiger charge is -2.05. The number of nitrogens with zero attached hydrogens (tertiary/aromatic N) is 2. The van der Waals surface area contributed by atoms with Gasteiger partial charge in [0.05, 0.1) is 11.3 Å². The summed E-state index contributed by atoms with van der Waals surface area (Å²) in [6.45, 7) is -0.0185. The summed E-state index contributed by atoms with van der Waals surface area (Å²) < 4.78 is 6.57. The minimum Gasteiger partial charge on any atom is -0.456 e. The van der Waals surface area contributed by atoms with E-state index in [-0.39, 0.29) is 12.2 Å². The maximum absolute atomic E-state index is 11.9. The van der Waals surface area contributed by atoms with E-state index in [2.05, 4.69) is 4.98 Å². The van der Waals surface area contributed by atoms with Gasteiger partial charge in [-0.05, 0) is 23.6 Å². The molecular formula is C14H10N2O3S. The molecule has 3 heterocycles. The number of hydrogen-bond acceptors (Lipinski definition) is 5. The average molecular weight is 286 g/mol. The van der Waals surface area contributed by atoms with Crippen molar-refractivity contribution < 1.29 is 9.53 Å². The molecule has 0 atom stereocenters. The first-order valence-electron chi connectivity index (χ1n) is 5.91. The highest BCUT2D eigenvalue weighted by Gasteiger charge is 2.09. The molecule has 3 aromatic rings. The topological polar surface area (TPSA) is 60.7 Å². The molecule has 100 valence electrons. The summed E-state index contributed by atoms with van der Waals surface area (Å²) in [6.07, 6.45) is 1.64. The van der Waals surface area contributed by atoms with Crippen molar-refractivity contribution in [1.29, 1.82) is 0 Å². The van der Waals surface area contributed by atoms with E-state index < -0.39 is 5.97 Å². The molecule has 3 rings (SSSR count). The number of hydrogen-bond donors (Lipinski definition) is 0. The van der Waals surface area contributed by atoms with Gasteiger partial charge in [0.15, 0.2) is 0 Å². The molecule has 0 spiro atoms. The largest absolute Gasteiger partial charge is 0.456 e. The standard InChI is InChI=1S/C14H10N2O3S/c17-13-7-11(15-12-3-1-2-5-16(12)13)8-19-14(18)10-4-6-20-9-10/h1-7,9H,8H2. The molecule has 20 heavy (non-hydrogen) atoms. The normalized spacial score (nSPS) is 10.6. The van der Waals surface area contributed by atoms with E-state index in [4.69, 9.17) is 4.74 Å². The molecule has 0 aliphatic heterocycles. The fraction of sp³-hybridized carbons (Fsp3) is 0.0714. The molecule has 0 unspecified atom stereocenters. The lowest BCUT2D eigenvalue weighted by molar-refractivity contribution is 0.0468. The number of pyridine rings is 1. The minimum atomic E-state index is -0.415. The van der Waals surface area contributed by atoms with Crippen molar-refractivity contribution in [2.24, 2.45) is 0 Å². The Labute approximate surface area is 118 Å². The van der Waals surface area contributed by atoms with Crippen molar-refractivity contribution in [2.45, 2.75) is 6.61 Å². The second kappa shape index (κ2) is 5.26. The summed E-state index contributed by atoms with van der Waals surface area (Å²) in [5.74, 6) is -0.415. The molecule has 0 saturated carbocycles. The Morgan fingerprint density at radius 1 is 1.35 bits per heavy atom. The zero-order chi connectivity index (χ0) is 13.9. The summed E-state index contributed by atoms with van der Waals surface area (Å²) in [5.41, 5.74) is 1.27. The van der Waals surface area contributed by atoms with Crippen LogP contribution in [0.4, 0.5) is 0 Å². The van der Waals surface area contributed by atoms with Crippen LogP contribution in [0.5, 0.6) is 0 Å². The van der Waals surface area contributed by atoms with Crippen molar-refractivity contribution in [2.75, 3.05) is 0 Å². The molecule has 0 fully saturated rings. The monoisotopic (exact) mass is 286 g/mol. The van der Waals surface area contributed by atoms with Gasteiger partial charge in [-0.15, -0.1) is 0 Å². The highest BCUT2D eigenvalue weighted by atomic mass is 32.1. The Bertz CT molecular complexity index is 809. The van der Waals surface area contributed by atoms with E-state index >= 15 is 0 Å². The average Bonchev–Trinajstić information content (AvgIpc) is 2.99. The van der Waals surface area contributed by atoms with Crippen molar-refractivity contribution in [3.8, 4) is 0 Å². The first-order chi connectivity index (χ1) is 9.74. The van der Waals surface area contributed by atoms with Gasteiger partial charge in [-0.1, -0.05) is 6.07 Å². The zero-order valence-corrected chi connectivity index (χ0v) is 11.2. The smallest absolute Gasteiger partial charge is 0.339 e. The summed E-state index contributed by atoms with van der Waals surface area (Å²) in [7, 11) is 0. The summed E-state index contributed by atoms with van der Waals surface area (Å²) in [4.78, 5) is 27.8. The second-order valence-electron chi connectivity index (χ2n) is 4.10. The molecule has 0 aromatic carbocycles. The van der Waals surface area contributed by atoms with Crippen LogP contribution in [-0.4, -0.2) is 15.4 Å². The first kappa shape index (κ1) is 12.6. The molecular weight excluding hydrogens is 276 g/mol. The molecule has 0 radical (unpaired) electrons. The van der Waals surface area contributed by atoms with Crippen LogP contribution in [0, 0.1) is 0 Å². The van der Waals surface area contributed by atoms with Crippen molar-refractivity contribution in [3.05, 3.63) is 68.9 Å². The van der Waals surface area contributed by atoms with Crippen LogP contribution in [0.25, 0.3) is 5.65 Å². The maximum atomic E-state index is 11.9. The van der Waals surface area contributed by atoms with Gasteiger partial charge in [-0.25, -0.2) is 9.78 Å². The number of carbonyl (C=O) groups is 1. The molecule has 0 aliphatic rings. The van der Waals surface area contributed by atoms with Crippen molar-refractivity contribution in [1.82, 2.24) is 9.38 Å². The van der Waals surface area contributed by atoms with Crippen LogP contribution in [0.2, 0.25) is 0 Å². The van der Waals surface area contributed by atoms with Crippen LogP contribution in [0.3, 0.4) is 0 Å². The molecule has 0 bridgehead atoms. The second-order valence-corrected chi connectivity index (χ2v) is 4.88. The highest BCUT2D eigenvalue weighted by Crippen LogP contribution is 2.09. The van der Waals surface area contributed by atoms with Gasteiger partial charge in [-0.3, -0.25) is 9.20 Å². The third-order valence-corrected chi connectivity index (χ3v) is 3.42. The Kier molecular flexibility index (Phi) is 3.30. The predicted molar refractivity (Wildman–Crippen MR) is 74.9 cm³/mol. The van der Waals surface area contributed by atoms with E-state index in [1.807, 2.05) is 0 Å². The van der Waals surface area contributed by atoms with Gasteiger partial charge >= 0.3 is 5.97 Å². The van der Waals surface area contributed by atoms with Crippen LogP contribution in [0.15, 0.2) is 52.1 Å². The minimum absolute atomic E-state index is 0.0185. The molecule has 0 N–H and O–H groups in total. The van der Waals surface area contributed by atoms with Gasteiger partial charge < -0.3 is 4.74 Å². The summed E-state index contributed by atoms with van der Waals surface area (Å²) >= 11 is 1.42. The summed E-state index contributed by atoms with van der Waals surface area (Å²) in [5, 5.41) is 3.52. The Morgan fingerprint density at radius 2 is 2.25 bits per heavy atom. The number of aromatic nitrogens is 2. The van der Waals surface area contributed by atoms with Crippen LogP contribution >= 0.6 is 11.3 Å². The first-order valence-corrected chi connectivity index (χ1v) is 6.85. The summed E-state index contributed by atoms with van der Waals surface area (Å²) in [6, 6.07) is 8.34. The molecule has 0 saturated heterocycles. The van der Waals surface area contributed by atoms with Gasteiger partial charge in [0.1, 0.15) is 12.3 Å². The molecule has 3 aromatic heterocycles. The molecule has 0 aliphatic carbocycles. The lowest BCUT2D eigenvalue weighted by Crippen LogP contribution is -2.16. The van der Waals surface area contributed by atoms with E-state index in [9.17, 15) is 9.59 Å². The van der Waals surface area contributed by atoms with Crippen LogP contribution < -0.4 is 5.56 Å². The van der Waals surface area contributed by atoms with Crippen LogP contribution in [-0.2, 0) is 11.3 Å². The fourth-order valence-electron chi connectivity index (χ4n) is 1.78. The Hall–Kier alpha value is -2.47. The highest BCUT2D eigenvalue weighted by molar-refractivity contribution is 7.08. The molecule has 5 nitrogen and oxygen atoms in total. The van der Waals surface area contributed by atoms with Crippen molar-refractivity contribution in [3.63, 3.8) is 0 Å². The number of ether oxygens (including phenoxy) is 1. The van der Waals surface area contributed by atoms with Gasteiger partial charge in [-0.2, -0.15) is 11.3 Å². The van der Waals surface area contributed by atoms with E-state index in [0.717, 1.165) is 0 Å². The SMILES string of the molecule is O=C(OCc1cc(=O)n2ccccc2n1)c1ccsc1.